The molecule has 0 saturated heterocycles. The highest BCUT2D eigenvalue weighted by Gasteiger charge is 2.44. The van der Waals surface area contributed by atoms with Crippen molar-refractivity contribution < 1.29 is 0 Å². The van der Waals surface area contributed by atoms with Crippen molar-refractivity contribution in [1.82, 2.24) is 4.90 Å². The summed E-state index contributed by atoms with van der Waals surface area (Å²) in [4.78, 5) is 4.36. The van der Waals surface area contributed by atoms with Gasteiger partial charge in [-0.2, -0.15) is 0 Å². The Labute approximate surface area is 133 Å². The molecule has 1 aromatic heterocycles. The number of rotatable bonds is 3. The summed E-state index contributed by atoms with van der Waals surface area (Å²) in [6.07, 6.45) is 6.54. The molecule has 0 radical (unpaired) electrons. The molecule has 3 heteroatoms. The normalized spacial score (nSPS) is 34.1. The van der Waals surface area contributed by atoms with Crippen LogP contribution in [0.15, 0.2) is 11.4 Å². The minimum atomic E-state index is 0.242. The van der Waals surface area contributed by atoms with E-state index in [9.17, 15) is 0 Å². The Balaban J connectivity index is 1.86. The van der Waals surface area contributed by atoms with Gasteiger partial charge in [0.05, 0.1) is 0 Å². The number of fused-ring (bicyclic) bond motifs is 1. The van der Waals surface area contributed by atoms with Crippen LogP contribution in [0.4, 0.5) is 0 Å². The summed E-state index contributed by atoms with van der Waals surface area (Å²) in [5, 5.41) is 2.26. The fraction of sp³-hybridized carbons (Fsp3) is 0.778. The van der Waals surface area contributed by atoms with Crippen molar-refractivity contribution in [2.75, 3.05) is 13.1 Å². The Kier molecular flexibility index (Phi) is 4.45. The molecule has 0 bridgehead atoms. The summed E-state index contributed by atoms with van der Waals surface area (Å²) >= 11 is 1.93. The number of hydrogen-bond donors (Lipinski definition) is 1. The van der Waals surface area contributed by atoms with Gasteiger partial charge in [-0.05, 0) is 55.0 Å². The van der Waals surface area contributed by atoms with Crippen LogP contribution in [0, 0.1) is 11.8 Å². The van der Waals surface area contributed by atoms with Crippen LogP contribution in [-0.2, 0) is 6.42 Å². The first-order valence-electron chi connectivity index (χ1n) is 8.60. The first-order chi connectivity index (χ1) is 10.1. The molecular weight excluding hydrogens is 276 g/mol. The third kappa shape index (κ3) is 2.69. The molecule has 118 valence electrons. The number of hydrogen-bond acceptors (Lipinski definition) is 3. The summed E-state index contributed by atoms with van der Waals surface area (Å²) in [6.45, 7) is 9.17. The van der Waals surface area contributed by atoms with Gasteiger partial charge in [0.2, 0.25) is 0 Å². The van der Waals surface area contributed by atoms with Crippen LogP contribution in [0.25, 0.3) is 0 Å². The average molecular weight is 307 g/mol. The maximum Gasteiger partial charge on any atom is 0.0340 e. The van der Waals surface area contributed by atoms with Crippen LogP contribution in [0.1, 0.15) is 62.9 Å². The average Bonchev–Trinajstić information content (AvgIpc) is 2.97. The lowest BCUT2D eigenvalue weighted by Gasteiger charge is -2.53. The third-order valence-electron chi connectivity index (χ3n) is 6.07. The summed E-state index contributed by atoms with van der Waals surface area (Å²) in [6, 6.07) is 2.87. The monoisotopic (exact) mass is 306 g/mol. The maximum atomic E-state index is 6.35. The van der Waals surface area contributed by atoms with E-state index in [4.69, 9.17) is 5.73 Å². The van der Waals surface area contributed by atoms with Crippen LogP contribution in [0.5, 0.6) is 0 Å². The van der Waals surface area contributed by atoms with Gasteiger partial charge in [0.15, 0.2) is 0 Å². The molecule has 2 N–H and O–H groups in total. The van der Waals surface area contributed by atoms with Crippen molar-refractivity contribution >= 4 is 11.3 Å². The highest BCUT2D eigenvalue weighted by Crippen LogP contribution is 2.45. The summed E-state index contributed by atoms with van der Waals surface area (Å²) < 4.78 is 0. The topological polar surface area (TPSA) is 29.3 Å². The first-order valence-corrected chi connectivity index (χ1v) is 9.48. The molecule has 21 heavy (non-hydrogen) atoms. The van der Waals surface area contributed by atoms with Crippen molar-refractivity contribution in [2.24, 2.45) is 17.6 Å². The zero-order valence-corrected chi connectivity index (χ0v) is 14.6. The molecule has 3 atom stereocenters. The Morgan fingerprint density at radius 2 is 2.29 bits per heavy atom. The molecule has 0 aromatic carbocycles. The first kappa shape index (κ1) is 15.5. The highest BCUT2D eigenvalue weighted by molar-refractivity contribution is 7.10. The van der Waals surface area contributed by atoms with Gasteiger partial charge in [0.25, 0.3) is 0 Å². The SMILES string of the molecule is CC(C)C1CCCC(CN)(N2CCc3sccc3C2C)C1. The van der Waals surface area contributed by atoms with E-state index >= 15 is 0 Å². The lowest BCUT2D eigenvalue weighted by molar-refractivity contribution is -0.00602. The predicted octanol–water partition coefficient (Wildman–Crippen LogP) is 4.21. The van der Waals surface area contributed by atoms with Gasteiger partial charge in [-0.3, -0.25) is 4.90 Å². The van der Waals surface area contributed by atoms with E-state index in [0.29, 0.717) is 6.04 Å². The van der Waals surface area contributed by atoms with Crippen LogP contribution in [0.3, 0.4) is 0 Å². The predicted molar refractivity (Wildman–Crippen MR) is 91.7 cm³/mol. The molecule has 1 fully saturated rings. The van der Waals surface area contributed by atoms with Crippen LogP contribution < -0.4 is 5.73 Å². The van der Waals surface area contributed by atoms with E-state index in [1.807, 2.05) is 11.3 Å². The van der Waals surface area contributed by atoms with Crippen molar-refractivity contribution in [2.45, 2.75) is 64.5 Å². The van der Waals surface area contributed by atoms with Gasteiger partial charge in [-0.25, -0.2) is 0 Å². The second-order valence-corrected chi connectivity index (χ2v) is 8.45. The maximum absolute atomic E-state index is 6.35. The van der Waals surface area contributed by atoms with Crippen LogP contribution in [0.2, 0.25) is 0 Å². The largest absolute Gasteiger partial charge is 0.329 e. The number of nitrogens with zero attached hydrogens (tertiary/aromatic N) is 1. The van der Waals surface area contributed by atoms with E-state index in [-0.39, 0.29) is 5.54 Å². The smallest absolute Gasteiger partial charge is 0.0340 e. The zero-order valence-electron chi connectivity index (χ0n) is 13.8. The van der Waals surface area contributed by atoms with E-state index in [2.05, 4.69) is 37.1 Å². The third-order valence-corrected chi connectivity index (χ3v) is 7.06. The number of thiophene rings is 1. The van der Waals surface area contributed by atoms with Gasteiger partial charge >= 0.3 is 0 Å². The lowest BCUT2D eigenvalue weighted by Crippen LogP contribution is -2.58. The Bertz CT molecular complexity index is 481. The molecule has 2 aliphatic rings. The number of nitrogens with two attached hydrogens (primary N) is 1. The molecule has 1 saturated carbocycles. The van der Waals surface area contributed by atoms with Crippen LogP contribution >= 0.6 is 11.3 Å². The Morgan fingerprint density at radius 1 is 1.48 bits per heavy atom. The van der Waals surface area contributed by atoms with E-state index in [1.165, 1.54) is 38.6 Å². The van der Waals surface area contributed by atoms with Crippen molar-refractivity contribution in [3.63, 3.8) is 0 Å². The molecule has 1 aliphatic heterocycles. The standard InChI is InChI=1S/C18H30N2S/c1-13(2)15-5-4-8-18(11-15,12-19)20-9-6-17-16(14(20)3)7-10-21-17/h7,10,13-15H,4-6,8-9,11-12,19H2,1-3H3. The molecule has 2 nitrogen and oxygen atoms in total. The van der Waals surface area contributed by atoms with Gasteiger partial charge in [-0.1, -0.05) is 26.7 Å². The minimum Gasteiger partial charge on any atom is -0.329 e. The molecule has 1 aliphatic carbocycles. The van der Waals surface area contributed by atoms with Gasteiger partial charge in [-0.15, -0.1) is 11.3 Å². The zero-order chi connectivity index (χ0) is 15.0. The Hall–Kier alpha value is -0.380. The molecular formula is C18H30N2S. The lowest BCUT2D eigenvalue weighted by atomic mass is 9.70. The van der Waals surface area contributed by atoms with Gasteiger partial charge in [0.1, 0.15) is 0 Å². The fourth-order valence-corrected chi connectivity index (χ4v) is 5.64. The van der Waals surface area contributed by atoms with Gasteiger partial charge in [0, 0.05) is 29.5 Å². The van der Waals surface area contributed by atoms with Crippen molar-refractivity contribution in [3.8, 4) is 0 Å². The van der Waals surface area contributed by atoms with Gasteiger partial charge < -0.3 is 5.73 Å². The summed E-state index contributed by atoms with van der Waals surface area (Å²) in [7, 11) is 0. The second-order valence-electron chi connectivity index (χ2n) is 7.45. The van der Waals surface area contributed by atoms with Crippen molar-refractivity contribution in [3.05, 3.63) is 21.9 Å². The molecule has 3 rings (SSSR count). The van der Waals surface area contributed by atoms with E-state index in [1.54, 1.807) is 10.4 Å². The molecule has 3 unspecified atom stereocenters. The quantitative estimate of drug-likeness (QED) is 0.906. The molecule has 0 spiro atoms. The fourth-order valence-electron chi connectivity index (χ4n) is 4.68. The van der Waals surface area contributed by atoms with Crippen LogP contribution in [-0.4, -0.2) is 23.5 Å². The molecule has 0 amide bonds. The summed E-state index contributed by atoms with van der Waals surface area (Å²) in [5.74, 6) is 1.63. The molecule has 1 aromatic rings. The highest BCUT2D eigenvalue weighted by atomic mass is 32.1. The second kappa shape index (κ2) is 6.02. The molecule has 2 heterocycles. The van der Waals surface area contributed by atoms with E-state index in [0.717, 1.165) is 18.4 Å². The minimum absolute atomic E-state index is 0.242. The Morgan fingerprint density at radius 3 is 3.00 bits per heavy atom. The van der Waals surface area contributed by atoms with E-state index < -0.39 is 0 Å². The van der Waals surface area contributed by atoms with Crippen molar-refractivity contribution in [1.29, 1.82) is 0 Å². The summed E-state index contributed by atoms with van der Waals surface area (Å²) in [5.41, 5.74) is 8.15.